The van der Waals surface area contributed by atoms with Gasteiger partial charge < -0.3 is 5.32 Å². The molecule has 3 nitrogen and oxygen atoms in total. The van der Waals surface area contributed by atoms with E-state index in [0.29, 0.717) is 23.7 Å². The Morgan fingerprint density at radius 1 is 1.14 bits per heavy atom. The summed E-state index contributed by atoms with van der Waals surface area (Å²) in [5, 5.41) is 4.10. The highest BCUT2D eigenvalue weighted by molar-refractivity contribution is 5.82. The van der Waals surface area contributed by atoms with Gasteiger partial charge in [0.2, 0.25) is 5.91 Å². The fraction of sp³-hybridized carbons (Fsp3) is 0.583. The lowest BCUT2D eigenvalue weighted by molar-refractivity contribution is -0.127. The molecule has 1 aromatic carbocycles. The molecule has 2 fully saturated rings. The van der Waals surface area contributed by atoms with Gasteiger partial charge in [-0.3, -0.25) is 9.78 Å². The third-order valence-electron chi connectivity index (χ3n) is 6.85. The number of rotatable bonds is 3. The average molecular weight is 383 g/mol. The van der Waals surface area contributed by atoms with Gasteiger partial charge in [0.25, 0.3) is 0 Å². The van der Waals surface area contributed by atoms with Gasteiger partial charge in [-0.2, -0.15) is 0 Å². The minimum atomic E-state index is -0.196. The van der Waals surface area contributed by atoms with Gasteiger partial charge in [0, 0.05) is 23.0 Å². The van der Waals surface area contributed by atoms with Crippen LogP contribution in [-0.2, 0) is 4.79 Å². The maximum Gasteiger partial charge on any atom is 0.223 e. The fourth-order valence-corrected chi connectivity index (χ4v) is 5.52. The molecule has 150 valence electrons. The second-order valence-electron chi connectivity index (χ2n) is 10.0. The smallest absolute Gasteiger partial charge is 0.223 e. The maximum absolute atomic E-state index is 13.8. The summed E-state index contributed by atoms with van der Waals surface area (Å²) in [5.41, 5.74) is 1.94. The molecule has 1 amide bonds. The van der Waals surface area contributed by atoms with E-state index in [4.69, 9.17) is 0 Å². The summed E-state index contributed by atoms with van der Waals surface area (Å²) in [7, 11) is 0. The molecule has 2 aromatic rings. The van der Waals surface area contributed by atoms with Crippen molar-refractivity contribution in [1.82, 2.24) is 10.3 Å². The number of benzene rings is 1. The van der Waals surface area contributed by atoms with Crippen LogP contribution in [0.1, 0.15) is 64.9 Å². The van der Waals surface area contributed by atoms with E-state index in [1.165, 1.54) is 11.6 Å². The standard InChI is InChI=1S/C24H31FN2O/c1-14(23(28)27-24(2,3)4)15-9-16-11-18(12-17(16)10-15)20-7-8-26-22-6-5-19(25)13-21(20)22/h5-8,13-18H,9-12H2,1-4H3,(H,27,28)/t14?,15-,16-,17+,18+. The van der Waals surface area contributed by atoms with Crippen molar-refractivity contribution in [2.24, 2.45) is 23.7 Å². The second kappa shape index (κ2) is 7.13. The van der Waals surface area contributed by atoms with E-state index in [9.17, 15) is 9.18 Å². The average Bonchev–Trinajstić information content (AvgIpc) is 3.18. The van der Waals surface area contributed by atoms with Crippen molar-refractivity contribution in [3.8, 4) is 0 Å². The fourth-order valence-electron chi connectivity index (χ4n) is 5.52. The lowest BCUT2D eigenvalue weighted by atomic mass is 9.85. The van der Waals surface area contributed by atoms with Crippen LogP contribution < -0.4 is 5.32 Å². The predicted molar refractivity (Wildman–Crippen MR) is 110 cm³/mol. The number of halogens is 1. The van der Waals surface area contributed by atoms with Crippen molar-refractivity contribution in [1.29, 1.82) is 0 Å². The molecule has 2 aliphatic carbocycles. The lowest BCUT2D eigenvalue weighted by Crippen LogP contribution is -2.44. The molecule has 5 atom stereocenters. The van der Waals surface area contributed by atoms with Crippen molar-refractivity contribution in [3.63, 3.8) is 0 Å². The summed E-state index contributed by atoms with van der Waals surface area (Å²) < 4.78 is 13.8. The molecule has 1 heterocycles. The van der Waals surface area contributed by atoms with Gasteiger partial charge in [-0.05, 0) is 100.0 Å². The van der Waals surface area contributed by atoms with Crippen LogP contribution in [-0.4, -0.2) is 16.4 Å². The summed E-state index contributed by atoms with van der Waals surface area (Å²) >= 11 is 0. The lowest BCUT2D eigenvalue weighted by Gasteiger charge is -2.26. The first kappa shape index (κ1) is 19.4. The van der Waals surface area contributed by atoms with E-state index in [1.807, 2.05) is 27.0 Å². The molecule has 1 unspecified atom stereocenters. The Morgan fingerprint density at radius 3 is 2.46 bits per heavy atom. The second-order valence-corrected chi connectivity index (χ2v) is 10.0. The molecule has 4 rings (SSSR count). The first-order valence-corrected chi connectivity index (χ1v) is 10.6. The summed E-state index contributed by atoms with van der Waals surface area (Å²) in [4.78, 5) is 17.0. The molecule has 0 spiro atoms. The van der Waals surface area contributed by atoms with Gasteiger partial charge >= 0.3 is 0 Å². The van der Waals surface area contributed by atoms with Gasteiger partial charge in [0.15, 0.2) is 0 Å². The van der Waals surface area contributed by atoms with Crippen molar-refractivity contribution >= 4 is 16.8 Å². The van der Waals surface area contributed by atoms with Crippen LogP contribution in [0.4, 0.5) is 4.39 Å². The Bertz CT molecular complexity index is 874. The molecular weight excluding hydrogens is 351 g/mol. The molecule has 1 aromatic heterocycles. The number of carbonyl (C=O) groups excluding carboxylic acids is 1. The monoisotopic (exact) mass is 382 g/mol. The number of pyridine rings is 1. The zero-order valence-corrected chi connectivity index (χ0v) is 17.3. The van der Waals surface area contributed by atoms with Crippen molar-refractivity contribution < 1.29 is 9.18 Å². The first-order chi connectivity index (χ1) is 13.2. The van der Waals surface area contributed by atoms with Crippen LogP contribution in [0.25, 0.3) is 10.9 Å². The zero-order valence-electron chi connectivity index (χ0n) is 17.3. The molecular formula is C24H31FN2O. The topological polar surface area (TPSA) is 42.0 Å². The number of hydrogen-bond donors (Lipinski definition) is 1. The molecule has 0 aliphatic heterocycles. The highest BCUT2D eigenvalue weighted by Crippen LogP contribution is 2.54. The Hall–Kier alpha value is -1.97. The molecule has 0 bridgehead atoms. The van der Waals surface area contributed by atoms with Crippen LogP contribution in [0.5, 0.6) is 0 Å². The molecule has 0 saturated heterocycles. The quantitative estimate of drug-likeness (QED) is 0.767. The summed E-state index contributed by atoms with van der Waals surface area (Å²) in [6, 6.07) is 6.96. The third kappa shape index (κ3) is 3.78. The van der Waals surface area contributed by atoms with E-state index >= 15 is 0 Å². The van der Waals surface area contributed by atoms with Crippen molar-refractivity contribution in [2.45, 2.75) is 64.8 Å². The molecule has 28 heavy (non-hydrogen) atoms. The van der Waals surface area contributed by atoms with Gasteiger partial charge in [-0.15, -0.1) is 0 Å². The van der Waals surface area contributed by atoms with Crippen LogP contribution in [0.3, 0.4) is 0 Å². The Labute approximate surface area is 167 Å². The number of aromatic nitrogens is 1. The Balaban J connectivity index is 1.45. The highest BCUT2D eigenvalue weighted by Gasteiger charge is 2.45. The number of carbonyl (C=O) groups is 1. The predicted octanol–water partition coefficient (Wildman–Crippen LogP) is 5.44. The Morgan fingerprint density at radius 2 is 1.82 bits per heavy atom. The number of nitrogens with zero attached hydrogens (tertiary/aromatic N) is 1. The van der Waals surface area contributed by atoms with Crippen molar-refractivity contribution in [3.05, 3.63) is 41.8 Å². The van der Waals surface area contributed by atoms with Gasteiger partial charge in [0.05, 0.1) is 5.52 Å². The van der Waals surface area contributed by atoms with Gasteiger partial charge in [0.1, 0.15) is 5.82 Å². The van der Waals surface area contributed by atoms with E-state index in [2.05, 4.69) is 23.3 Å². The van der Waals surface area contributed by atoms with Crippen molar-refractivity contribution in [2.75, 3.05) is 0 Å². The van der Waals surface area contributed by atoms with Crippen LogP contribution in [0.15, 0.2) is 30.5 Å². The number of fused-ring (bicyclic) bond motifs is 2. The minimum absolute atomic E-state index is 0.0686. The van der Waals surface area contributed by atoms with E-state index in [-0.39, 0.29) is 23.2 Å². The van der Waals surface area contributed by atoms with E-state index < -0.39 is 0 Å². The number of hydrogen-bond acceptors (Lipinski definition) is 2. The van der Waals surface area contributed by atoms with E-state index in [1.54, 1.807) is 12.1 Å². The molecule has 2 aliphatic rings. The van der Waals surface area contributed by atoms with Gasteiger partial charge in [-0.1, -0.05) is 6.92 Å². The number of amides is 1. The van der Waals surface area contributed by atoms with E-state index in [0.717, 1.165) is 36.6 Å². The largest absolute Gasteiger partial charge is 0.351 e. The first-order valence-electron chi connectivity index (χ1n) is 10.6. The molecule has 4 heteroatoms. The number of nitrogens with one attached hydrogen (secondary N) is 1. The summed E-state index contributed by atoms with van der Waals surface area (Å²) in [6.45, 7) is 8.19. The molecule has 1 N–H and O–H groups in total. The third-order valence-corrected chi connectivity index (χ3v) is 6.85. The minimum Gasteiger partial charge on any atom is -0.351 e. The summed E-state index contributed by atoms with van der Waals surface area (Å²) in [5.74, 6) is 2.36. The SMILES string of the molecule is CC(C(=O)NC(C)(C)C)[C@H]1C[C@H]2C[C@@H](c3ccnc4ccc(F)cc34)C[C@H]2C1. The normalized spacial score (nSPS) is 28.3. The van der Waals surface area contributed by atoms with Crippen LogP contribution >= 0.6 is 0 Å². The van der Waals surface area contributed by atoms with Gasteiger partial charge in [-0.25, -0.2) is 4.39 Å². The van der Waals surface area contributed by atoms with Crippen LogP contribution in [0.2, 0.25) is 0 Å². The highest BCUT2D eigenvalue weighted by atomic mass is 19.1. The molecule has 0 radical (unpaired) electrons. The summed E-state index contributed by atoms with van der Waals surface area (Å²) in [6.07, 6.45) is 6.41. The van der Waals surface area contributed by atoms with Crippen LogP contribution in [0, 0.1) is 29.5 Å². The maximum atomic E-state index is 13.8. The molecule has 2 saturated carbocycles. The Kier molecular flexibility index (Phi) is 4.93. The zero-order chi connectivity index (χ0) is 20.1.